The molecule has 32 heavy (non-hydrogen) atoms. The molecule has 3 aromatic carbocycles. The minimum atomic E-state index is -1.07. The van der Waals surface area contributed by atoms with Gasteiger partial charge in [0, 0.05) is 17.0 Å². The van der Waals surface area contributed by atoms with Crippen molar-refractivity contribution in [3.05, 3.63) is 112 Å². The molecule has 0 aliphatic rings. The maximum atomic E-state index is 12.5. The van der Waals surface area contributed by atoms with Gasteiger partial charge in [-0.05, 0) is 48.0 Å². The molecule has 0 saturated heterocycles. The molecule has 5 rings (SSSR count). The van der Waals surface area contributed by atoms with Gasteiger partial charge in [0.25, 0.3) is 0 Å². The van der Waals surface area contributed by atoms with Crippen molar-refractivity contribution in [2.24, 2.45) is 0 Å². The number of hydrogen-bond donors (Lipinski definition) is 1. The average Bonchev–Trinajstić information content (AvgIpc) is 2.82. The predicted molar refractivity (Wildman–Crippen MR) is 126 cm³/mol. The first kappa shape index (κ1) is 19.5. The van der Waals surface area contributed by atoms with Gasteiger partial charge in [0.15, 0.2) is 5.43 Å². The Labute approximate surface area is 182 Å². The van der Waals surface area contributed by atoms with Crippen molar-refractivity contribution in [2.45, 2.75) is 0 Å². The second-order valence-corrected chi connectivity index (χ2v) is 7.38. The Balaban J connectivity index is 1.50. The lowest BCUT2D eigenvalue weighted by molar-refractivity contribution is 0.0697. The predicted octanol–water partition coefficient (Wildman–Crippen LogP) is 5.88. The number of nitrogens with zero attached hydrogens (tertiary/aromatic N) is 1. The summed E-state index contributed by atoms with van der Waals surface area (Å²) in [6.45, 7) is 0. The van der Waals surface area contributed by atoms with Crippen molar-refractivity contribution in [1.82, 2.24) is 4.98 Å². The van der Waals surface area contributed by atoms with Crippen molar-refractivity contribution in [2.75, 3.05) is 0 Å². The summed E-state index contributed by atoms with van der Waals surface area (Å²) in [7, 11) is 0. The van der Waals surface area contributed by atoms with Gasteiger partial charge in [-0.2, -0.15) is 0 Å². The highest BCUT2D eigenvalue weighted by Crippen LogP contribution is 2.24. The first-order valence-electron chi connectivity index (χ1n) is 10.0. The molecule has 1 N–H and O–H groups in total. The van der Waals surface area contributed by atoms with E-state index < -0.39 is 5.97 Å². The Morgan fingerprint density at radius 2 is 1.75 bits per heavy atom. The summed E-state index contributed by atoms with van der Waals surface area (Å²) in [5, 5.41) is 10.6. The number of carboxylic acids is 1. The summed E-state index contributed by atoms with van der Waals surface area (Å²) >= 11 is 0. The smallest absolute Gasteiger partial charge is 0.335 e. The van der Waals surface area contributed by atoms with Gasteiger partial charge in [-0.3, -0.25) is 4.79 Å². The van der Waals surface area contributed by atoms with Crippen LogP contribution in [-0.2, 0) is 0 Å². The van der Waals surface area contributed by atoms with E-state index in [0.29, 0.717) is 11.1 Å². The SMILES string of the molecule is O=C(O)c1ccc2c(=O)cc(-c3cccc(/C=C/c4ccc5ccccc5n4)c3)oc2c1. The lowest BCUT2D eigenvalue weighted by atomic mass is 10.1. The van der Waals surface area contributed by atoms with Gasteiger partial charge < -0.3 is 9.52 Å². The number of fused-ring (bicyclic) bond motifs is 2. The molecule has 5 heteroatoms. The summed E-state index contributed by atoms with van der Waals surface area (Å²) < 4.78 is 5.89. The Bertz CT molecular complexity index is 1580. The van der Waals surface area contributed by atoms with Gasteiger partial charge in [0.05, 0.1) is 22.2 Å². The third-order valence-electron chi connectivity index (χ3n) is 5.21. The van der Waals surface area contributed by atoms with Crippen molar-refractivity contribution >= 4 is 40.0 Å². The number of hydrogen-bond acceptors (Lipinski definition) is 4. The minimum absolute atomic E-state index is 0.0670. The topological polar surface area (TPSA) is 80.4 Å². The van der Waals surface area contributed by atoms with E-state index in [4.69, 9.17) is 4.42 Å². The maximum absolute atomic E-state index is 12.5. The van der Waals surface area contributed by atoms with Crippen LogP contribution in [0, 0.1) is 0 Å². The van der Waals surface area contributed by atoms with E-state index in [0.717, 1.165) is 27.7 Å². The van der Waals surface area contributed by atoms with Gasteiger partial charge >= 0.3 is 5.97 Å². The molecule has 2 heterocycles. The molecule has 0 aliphatic heterocycles. The van der Waals surface area contributed by atoms with Crippen molar-refractivity contribution in [3.63, 3.8) is 0 Å². The highest BCUT2D eigenvalue weighted by atomic mass is 16.4. The lowest BCUT2D eigenvalue weighted by Crippen LogP contribution is -2.02. The quantitative estimate of drug-likeness (QED) is 0.394. The number of aromatic nitrogens is 1. The Morgan fingerprint density at radius 1 is 0.875 bits per heavy atom. The number of pyridine rings is 1. The lowest BCUT2D eigenvalue weighted by Gasteiger charge is -2.05. The standard InChI is InChI=1S/C27H17NO4/c29-24-16-25(32-26-15-20(27(30)31)10-13-22(24)26)19-6-3-4-17(14-19)8-11-21-12-9-18-5-1-2-7-23(18)28-21/h1-16H,(H,30,31)/b11-8+. The molecule has 0 bridgehead atoms. The summed E-state index contributed by atoms with van der Waals surface area (Å²) in [5.74, 6) is -0.696. The average molecular weight is 419 g/mol. The van der Waals surface area contributed by atoms with Crippen LogP contribution in [0.15, 0.2) is 94.1 Å². The molecular weight excluding hydrogens is 402 g/mol. The summed E-state index contributed by atoms with van der Waals surface area (Å²) in [5.41, 5.74) is 3.50. The molecule has 154 valence electrons. The molecule has 0 saturated carbocycles. The normalized spacial score (nSPS) is 11.4. The second kappa shape index (κ2) is 7.96. The summed E-state index contributed by atoms with van der Waals surface area (Å²) in [4.78, 5) is 28.4. The Kier molecular flexibility index (Phi) is 4.84. The first-order valence-corrected chi connectivity index (χ1v) is 10.0. The molecule has 0 spiro atoms. The van der Waals surface area contributed by atoms with E-state index in [2.05, 4.69) is 4.98 Å². The van der Waals surface area contributed by atoms with Crippen LogP contribution in [-0.4, -0.2) is 16.1 Å². The monoisotopic (exact) mass is 419 g/mol. The van der Waals surface area contributed by atoms with E-state index in [-0.39, 0.29) is 16.6 Å². The van der Waals surface area contributed by atoms with Crippen LogP contribution < -0.4 is 5.43 Å². The van der Waals surface area contributed by atoms with Crippen LogP contribution >= 0.6 is 0 Å². The number of carboxylic acid groups (broad SMARTS) is 1. The number of benzene rings is 3. The van der Waals surface area contributed by atoms with E-state index in [9.17, 15) is 14.7 Å². The van der Waals surface area contributed by atoms with Crippen LogP contribution in [0.25, 0.3) is 45.3 Å². The fourth-order valence-electron chi connectivity index (χ4n) is 3.58. The highest BCUT2D eigenvalue weighted by Gasteiger charge is 2.10. The summed E-state index contributed by atoms with van der Waals surface area (Å²) in [6, 6.07) is 25.2. The van der Waals surface area contributed by atoms with E-state index in [1.165, 1.54) is 24.3 Å². The molecule has 0 atom stereocenters. The van der Waals surface area contributed by atoms with Crippen LogP contribution in [0.2, 0.25) is 0 Å². The third-order valence-corrected chi connectivity index (χ3v) is 5.21. The zero-order chi connectivity index (χ0) is 22.1. The third kappa shape index (κ3) is 3.79. The van der Waals surface area contributed by atoms with Gasteiger partial charge in [0.1, 0.15) is 11.3 Å². The molecule has 0 aliphatic carbocycles. The summed E-state index contributed by atoms with van der Waals surface area (Å²) in [6.07, 6.45) is 3.88. The number of rotatable bonds is 4. The fraction of sp³-hybridized carbons (Fsp3) is 0. The molecule has 5 aromatic rings. The van der Waals surface area contributed by atoms with E-state index in [1.54, 1.807) is 0 Å². The molecule has 0 fully saturated rings. The van der Waals surface area contributed by atoms with Crippen LogP contribution in [0.5, 0.6) is 0 Å². The van der Waals surface area contributed by atoms with Crippen LogP contribution in [0.4, 0.5) is 0 Å². The Morgan fingerprint density at radius 3 is 2.62 bits per heavy atom. The fourth-order valence-corrected chi connectivity index (χ4v) is 3.58. The van der Waals surface area contributed by atoms with Crippen LogP contribution in [0.1, 0.15) is 21.6 Å². The van der Waals surface area contributed by atoms with Gasteiger partial charge in [-0.15, -0.1) is 0 Å². The second-order valence-electron chi connectivity index (χ2n) is 7.38. The highest BCUT2D eigenvalue weighted by molar-refractivity contribution is 5.92. The molecule has 0 amide bonds. The molecular formula is C27H17NO4. The molecule has 0 radical (unpaired) electrons. The maximum Gasteiger partial charge on any atom is 0.335 e. The zero-order valence-electron chi connectivity index (χ0n) is 16.9. The molecule has 0 unspecified atom stereocenters. The number of para-hydroxylation sites is 1. The molecule has 5 nitrogen and oxygen atoms in total. The van der Waals surface area contributed by atoms with E-state index >= 15 is 0 Å². The van der Waals surface area contributed by atoms with Crippen molar-refractivity contribution in [3.8, 4) is 11.3 Å². The van der Waals surface area contributed by atoms with Gasteiger partial charge in [-0.1, -0.05) is 48.5 Å². The largest absolute Gasteiger partial charge is 0.478 e. The van der Waals surface area contributed by atoms with Crippen molar-refractivity contribution < 1.29 is 14.3 Å². The van der Waals surface area contributed by atoms with E-state index in [1.807, 2.05) is 72.8 Å². The number of carbonyl (C=O) groups is 1. The first-order chi connectivity index (χ1) is 15.6. The van der Waals surface area contributed by atoms with Gasteiger partial charge in [0.2, 0.25) is 0 Å². The Hall–Kier alpha value is -4.51. The minimum Gasteiger partial charge on any atom is -0.478 e. The number of aromatic carboxylic acids is 1. The zero-order valence-corrected chi connectivity index (χ0v) is 16.9. The molecule has 2 aromatic heterocycles. The van der Waals surface area contributed by atoms with Crippen molar-refractivity contribution in [1.29, 1.82) is 0 Å². The van der Waals surface area contributed by atoms with Gasteiger partial charge in [-0.25, -0.2) is 9.78 Å². The van der Waals surface area contributed by atoms with Crippen LogP contribution in [0.3, 0.4) is 0 Å².